The fourth-order valence-corrected chi connectivity index (χ4v) is 12.9. The van der Waals surface area contributed by atoms with Gasteiger partial charge in [-0.2, -0.15) is 0 Å². The van der Waals surface area contributed by atoms with E-state index in [9.17, 15) is 34.8 Å². The van der Waals surface area contributed by atoms with Crippen molar-refractivity contribution in [1.82, 2.24) is 0 Å². The van der Waals surface area contributed by atoms with E-state index in [0.717, 1.165) is 18.4 Å². The Morgan fingerprint density at radius 3 is 2.31 bits per heavy atom. The Bertz CT molecular complexity index is 1770. The van der Waals surface area contributed by atoms with Gasteiger partial charge < -0.3 is 20.4 Å². The van der Waals surface area contributed by atoms with Crippen LogP contribution in [0.4, 0.5) is 0 Å². The topological polar surface area (TPSA) is 149 Å². The summed E-state index contributed by atoms with van der Waals surface area (Å²) in [5.41, 5.74) is -4.57. The van der Waals surface area contributed by atoms with Gasteiger partial charge in [0, 0.05) is 40.1 Å². The first-order chi connectivity index (χ1) is 23.8. The van der Waals surface area contributed by atoms with Crippen LogP contribution in [0.1, 0.15) is 98.5 Å². The third-order valence-electron chi connectivity index (χ3n) is 15.6. The van der Waals surface area contributed by atoms with Crippen LogP contribution in [-0.2, 0) is 19.2 Å². The standard InChI is InChI=1S/C43H54O8/c1-24(37(48)49)33(46)30(44)22-26-14-10-11-15-27-34(47)32-36-41(6)40(27,5)29(26)23-42(41,50)20-21-43(36,51)28(17-16-25-12-8-7-9-13-25)35-38(2,3)31(45)18-19-39(32,35)4/h7-9,12-13,16-17,20-21,24,26-30,35,44,50-51H,10-11,14-15,18-19,22-23H2,1-6H3,(H,48,49). The number of allylic oxidation sites excluding steroid dienone is 1. The lowest BCUT2D eigenvalue weighted by Crippen LogP contribution is -2.71. The van der Waals surface area contributed by atoms with Crippen molar-refractivity contribution in [3.8, 4) is 0 Å². The second kappa shape index (κ2) is 11.6. The average molecular weight is 699 g/mol. The molecule has 1 aromatic carbocycles. The minimum Gasteiger partial charge on any atom is -0.481 e. The van der Waals surface area contributed by atoms with Gasteiger partial charge in [-0.3, -0.25) is 19.2 Å². The van der Waals surface area contributed by atoms with Crippen LogP contribution in [0.25, 0.3) is 6.08 Å². The summed E-state index contributed by atoms with van der Waals surface area (Å²) in [5, 5.41) is 47.2. The molecule has 0 radical (unpaired) electrons. The van der Waals surface area contributed by atoms with Gasteiger partial charge in [0.2, 0.25) is 0 Å². The Morgan fingerprint density at radius 2 is 1.65 bits per heavy atom. The number of hydrogen-bond acceptors (Lipinski definition) is 7. The summed E-state index contributed by atoms with van der Waals surface area (Å²) in [6.07, 6.45) is 9.90. The number of fused-ring (bicyclic) bond motifs is 2. The Balaban J connectivity index is 1.45. The lowest BCUT2D eigenvalue weighted by atomic mass is 9.34. The van der Waals surface area contributed by atoms with Crippen molar-refractivity contribution in [3.05, 3.63) is 65.3 Å². The molecule has 6 aliphatic carbocycles. The normalized spacial score (nSPS) is 43.6. The van der Waals surface area contributed by atoms with E-state index in [-0.39, 0.29) is 36.2 Å². The molecule has 0 aliphatic heterocycles. The molecule has 3 fully saturated rings. The number of hydrogen-bond donors (Lipinski definition) is 4. The van der Waals surface area contributed by atoms with Gasteiger partial charge in [-0.1, -0.05) is 102 Å². The average Bonchev–Trinajstić information content (AvgIpc) is 3.26. The van der Waals surface area contributed by atoms with Crippen molar-refractivity contribution in [2.45, 2.75) is 110 Å². The summed E-state index contributed by atoms with van der Waals surface area (Å²) in [4.78, 5) is 54.0. The van der Waals surface area contributed by atoms with Gasteiger partial charge in [-0.25, -0.2) is 0 Å². The van der Waals surface area contributed by atoms with Crippen molar-refractivity contribution in [1.29, 1.82) is 0 Å². The Kier molecular flexibility index (Phi) is 8.26. The van der Waals surface area contributed by atoms with Gasteiger partial charge in [0.15, 0.2) is 11.6 Å². The monoisotopic (exact) mass is 698 g/mol. The van der Waals surface area contributed by atoms with E-state index in [2.05, 4.69) is 13.8 Å². The molecule has 0 amide bonds. The van der Waals surface area contributed by atoms with Crippen LogP contribution in [0.5, 0.6) is 0 Å². The number of aliphatic hydroxyl groups excluding tert-OH is 1. The van der Waals surface area contributed by atoms with E-state index in [0.29, 0.717) is 36.8 Å². The molecule has 1 aromatic rings. The molecule has 0 heterocycles. The number of rotatable bonds is 7. The predicted octanol–water partition coefficient (Wildman–Crippen LogP) is 6.13. The molecule has 8 nitrogen and oxygen atoms in total. The molecule has 4 N–H and O–H groups in total. The number of carboxylic acid groups (broad SMARTS) is 1. The predicted molar refractivity (Wildman–Crippen MR) is 192 cm³/mol. The zero-order chi connectivity index (χ0) is 37.1. The van der Waals surface area contributed by atoms with Gasteiger partial charge in [0.05, 0.1) is 5.60 Å². The van der Waals surface area contributed by atoms with E-state index in [4.69, 9.17) is 0 Å². The highest BCUT2D eigenvalue weighted by Gasteiger charge is 2.80. The van der Waals surface area contributed by atoms with E-state index in [1.54, 1.807) is 12.2 Å². The highest BCUT2D eigenvalue weighted by molar-refractivity contribution is 6.03. The number of carboxylic acids is 1. The minimum absolute atomic E-state index is 0.00661. The summed E-state index contributed by atoms with van der Waals surface area (Å²) in [5.74, 6) is -5.32. The molecule has 0 aromatic heterocycles. The molecule has 7 rings (SSSR count). The summed E-state index contributed by atoms with van der Waals surface area (Å²) < 4.78 is 0. The number of ketones is 3. The number of carbonyl (C=O) groups is 4. The number of benzene rings is 1. The first kappa shape index (κ1) is 36.2. The van der Waals surface area contributed by atoms with Gasteiger partial charge in [-0.15, -0.1) is 0 Å². The molecule has 51 heavy (non-hydrogen) atoms. The molecule has 8 heteroatoms. The molecule has 0 saturated heterocycles. The van der Waals surface area contributed by atoms with E-state index in [1.165, 1.54) is 6.92 Å². The summed E-state index contributed by atoms with van der Waals surface area (Å²) in [6, 6.07) is 9.83. The molecular formula is C43H54O8. The smallest absolute Gasteiger partial charge is 0.313 e. The van der Waals surface area contributed by atoms with Crippen LogP contribution in [0.3, 0.4) is 0 Å². The quantitative estimate of drug-likeness (QED) is 0.196. The maximum absolute atomic E-state index is 15.5. The Morgan fingerprint density at radius 1 is 0.980 bits per heavy atom. The first-order valence-electron chi connectivity index (χ1n) is 19.0. The molecule has 12 atom stereocenters. The molecule has 6 aliphatic rings. The maximum Gasteiger partial charge on any atom is 0.313 e. The maximum atomic E-state index is 15.5. The zero-order valence-electron chi connectivity index (χ0n) is 30.8. The van der Waals surface area contributed by atoms with Gasteiger partial charge >= 0.3 is 5.97 Å². The largest absolute Gasteiger partial charge is 0.481 e. The van der Waals surface area contributed by atoms with Gasteiger partial charge in [0.1, 0.15) is 23.4 Å². The van der Waals surface area contributed by atoms with Crippen LogP contribution >= 0.6 is 0 Å². The second-order valence-corrected chi connectivity index (χ2v) is 18.1. The minimum atomic E-state index is -1.68. The zero-order valence-corrected chi connectivity index (χ0v) is 30.8. The second-order valence-electron chi connectivity index (χ2n) is 18.1. The van der Waals surface area contributed by atoms with Crippen molar-refractivity contribution in [2.24, 2.45) is 57.2 Å². The van der Waals surface area contributed by atoms with E-state index < -0.39 is 74.4 Å². The summed E-state index contributed by atoms with van der Waals surface area (Å²) in [6.45, 7) is 11.4. The van der Waals surface area contributed by atoms with Crippen LogP contribution in [0, 0.1) is 57.2 Å². The summed E-state index contributed by atoms with van der Waals surface area (Å²) >= 11 is 0. The first-order valence-corrected chi connectivity index (χ1v) is 19.0. The fourth-order valence-electron chi connectivity index (χ4n) is 12.9. The molecule has 12 unspecified atom stereocenters. The van der Waals surface area contributed by atoms with Gasteiger partial charge in [0.25, 0.3) is 0 Å². The van der Waals surface area contributed by atoms with Crippen LogP contribution in [0.2, 0.25) is 0 Å². The number of carbonyl (C=O) groups excluding carboxylic acids is 3. The van der Waals surface area contributed by atoms with Crippen molar-refractivity contribution < 1.29 is 39.6 Å². The fraction of sp³-hybridized carbons (Fsp3) is 0.628. The third-order valence-corrected chi connectivity index (χ3v) is 15.6. The SMILES string of the molecule is CC(C(=O)O)C(=O)C(O)CC1CCCCC2C(=O)C3=C4C(O)(C=CC5(O)CC1C2(C)C45C)C(C=Cc1ccccc1)C1C(C)(C)C(=O)CCC31C. The number of aliphatic carboxylic acids is 1. The molecular weight excluding hydrogens is 644 g/mol. The van der Waals surface area contributed by atoms with Crippen molar-refractivity contribution >= 4 is 29.4 Å². The van der Waals surface area contributed by atoms with E-state index in [1.807, 2.05) is 63.3 Å². The molecule has 3 saturated carbocycles. The summed E-state index contributed by atoms with van der Waals surface area (Å²) in [7, 11) is 0. The highest BCUT2D eigenvalue weighted by atomic mass is 16.4. The lowest BCUT2D eigenvalue weighted by Gasteiger charge is -2.69. The Labute approximate surface area is 301 Å². The van der Waals surface area contributed by atoms with Crippen LogP contribution < -0.4 is 0 Å². The van der Waals surface area contributed by atoms with Gasteiger partial charge in [-0.05, 0) is 73.0 Å². The lowest BCUT2D eigenvalue weighted by molar-refractivity contribution is -0.170. The molecule has 0 spiro atoms. The number of Topliss-reactive ketones (excluding diaryl/α,β-unsaturated/α-hetero) is 3. The van der Waals surface area contributed by atoms with Crippen LogP contribution in [0.15, 0.2) is 59.7 Å². The third kappa shape index (κ3) is 4.61. The Hall–Kier alpha value is -3.20. The highest BCUT2D eigenvalue weighted by Crippen LogP contribution is 2.80. The molecule has 274 valence electrons. The van der Waals surface area contributed by atoms with E-state index >= 15 is 4.79 Å². The molecule has 0 bridgehead atoms. The van der Waals surface area contributed by atoms with Crippen LogP contribution in [-0.4, -0.2) is 61.1 Å². The van der Waals surface area contributed by atoms with Crippen molar-refractivity contribution in [3.63, 3.8) is 0 Å². The van der Waals surface area contributed by atoms with Crippen molar-refractivity contribution in [2.75, 3.05) is 0 Å². The number of aliphatic hydroxyl groups is 3.